The second-order valence-corrected chi connectivity index (χ2v) is 9.50. The molecule has 0 aromatic heterocycles. The third-order valence-electron chi connectivity index (χ3n) is 5.74. The van der Waals surface area contributed by atoms with Crippen molar-refractivity contribution in [1.29, 1.82) is 0 Å². The van der Waals surface area contributed by atoms with E-state index in [0.717, 1.165) is 29.5 Å². The third-order valence-corrected chi connectivity index (χ3v) is 5.74. The summed E-state index contributed by atoms with van der Waals surface area (Å²) >= 11 is 0. The first-order valence-electron chi connectivity index (χ1n) is 11.4. The lowest BCUT2D eigenvalue weighted by molar-refractivity contribution is 0.0270. The summed E-state index contributed by atoms with van der Waals surface area (Å²) < 4.78 is 5.50. The van der Waals surface area contributed by atoms with Gasteiger partial charge in [-0.2, -0.15) is 0 Å². The van der Waals surface area contributed by atoms with Crippen molar-refractivity contribution in [1.82, 2.24) is 10.4 Å². The molecular weight excluding hydrogens is 400 g/mol. The van der Waals surface area contributed by atoms with Gasteiger partial charge in [0.05, 0.1) is 13.2 Å². The van der Waals surface area contributed by atoms with Crippen molar-refractivity contribution in [2.45, 2.75) is 73.8 Å². The second-order valence-electron chi connectivity index (χ2n) is 9.50. The lowest BCUT2D eigenvalue weighted by Crippen LogP contribution is -2.56. The van der Waals surface area contributed by atoms with E-state index in [9.17, 15) is 9.59 Å². The van der Waals surface area contributed by atoms with Crippen LogP contribution >= 0.6 is 0 Å². The van der Waals surface area contributed by atoms with Gasteiger partial charge in [-0.3, -0.25) is 15.0 Å². The molecule has 2 rings (SSSR count). The maximum Gasteiger partial charge on any atom is 0.272 e. The molecule has 0 saturated carbocycles. The van der Waals surface area contributed by atoms with Gasteiger partial charge in [0.25, 0.3) is 11.8 Å². The number of carbonyl (C=O) groups excluding carboxylic acids is 2. The quantitative estimate of drug-likeness (QED) is 0.550. The van der Waals surface area contributed by atoms with Crippen molar-refractivity contribution in [2.75, 3.05) is 7.11 Å². The van der Waals surface area contributed by atoms with Crippen molar-refractivity contribution < 1.29 is 14.3 Å². The van der Waals surface area contributed by atoms with Crippen molar-refractivity contribution in [3.8, 4) is 5.75 Å². The van der Waals surface area contributed by atoms with Gasteiger partial charge in [-0.1, -0.05) is 64.3 Å². The van der Waals surface area contributed by atoms with Crippen LogP contribution in [0.3, 0.4) is 0 Å². The van der Waals surface area contributed by atoms with Gasteiger partial charge in [-0.25, -0.2) is 5.01 Å². The highest BCUT2D eigenvalue weighted by Crippen LogP contribution is 2.30. The molecule has 32 heavy (non-hydrogen) atoms. The Bertz CT molecular complexity index is 940. The Morgan fingerprint density at radius 2 is 1.69 bits per heavy atom. The molecule has 1 atom stereocenters. The number of carbonyl (C=O) groups is 2. The number of amides is 2. The van der Waals surface area contributed by atoms with Gasteiger partial charge < -0.3 is 4.74 Å². The smallest absolute Gasteiger partial charge is 0.272 e. The van der Waals surface area contributed by atoms with E-state index in [4.69, 9.17) is 4.74 Å². The van der Waals surface area contributed by atoms with E-state index in [1.807, 2.05) is 57.2 Å². The molecule has 0 heterocycles. The highest BCUT2D eigenvalue weighted by Gasteiger charge is 2.35. The molecule has 0 bridgehead atoms. The molecule has 0 radical (unpaired) electrons. The van der Waals surface area contributed by atoms with E-state index in [0.29, 0.717) is 23.3 Å². The summed E-state index contributed by atoms with van der Waals surface area (Å²) in [7, 11) is 1.61. The normalized spacial score (nSPS) is 12.2. The molecule has 2 aromatic rings. The summed E-state index contributed by atoms with van der Waals surface area (Å²) in [6.45, 7) is 14.3. The number of ether oxygens (including phenoxy) is 1. The highest BCUT2D eigenvalue weighted by atomic mass is 16.5. The molecular formula is C27H38N2O3. The molecule has 0 aliphatic carbocycles. The zero-order valence-corrected chi connectivity index (χ0v) is 20.8. The first-order chi connectivity index (χ1) is 15.0. The topological polar surface area (TPSA) is 58.6 Å². The standard InChI is InChI=1S/C27H38N2O3/c1-9-12-24(27(5,6)7)29(28-25(30)20-16-18(3)15-19(4)17-20)26(31)22-13-11-14-23(32-8)21(22)10-2/h11,13-17,24H,9-10,12H2,1-8H3,(H,28,30)/t24-/m0/s1. The van der Waals surface area contributed by atoms with E-state index in [-0.39, 0.29) is 23.3 Å². The van der Waals surface area contributed by atoms with Crippen molar-refractivity contribution in [3.05, 3.63) is 64.2 Å². The van der Waals surface area contributed by atoms with Crippen molar-refractivity contribution in [2.24, 2.45) is 5.41 Å². The van der Waals surface area contributed by atoms with Crippen LogP contribution in [-0.4, -0.2) is 30.0 Å². The molecule has 2 aromatic carbocycles. The van der Waals surface area contributed by atoms with Gasteiger partial charge in [0.1, 0.15) is 5.75 Å². The fraction of sp³-hybridized carbons (Fsp3) is 0.481. The minimum atomic E-state index is -0.281. The molecule has 2 amide bonds. The molecule has 0 aliphatic rings. The summed E-state index contributed by atoms with van der Waals surface area (Å²) in [4.78, 5) is 27.2. The van der Waals surface area contributed by atoms with Gasteiger partial charge in [0, 0.05) is 16.7 Å². The number of aryl methyl sites for hydroxylation is 2. The Balaban J connectivity index is 2.56. The Morgan fingerprint density at radius 3 is 2.19 bits per heavy atom. The summed E-state index contributed by atoms with van der Waals surface area (Å²) in [6, 6.07) is 11.0. The predicted molar refractivity (Wildman–Crippen MR) is 130 cm³/mol. The molecule has 0 aliphatic heterocycles. The number of hydrogen-bond donors (Lipinski definition) is 1. The number of methoxy groups -OCH3 is 1. The van der Waals surface area contributed by atoms with Gasteiger partial charge >= 0.3 is 0 Å². The van der Waals surface area contributed by atoms with Crippen LogP contribution in [0.15, 0.2) is 36.4 Å². The minimum absolute atomic E-state index is 0.175. The number of hydrogen-bond acceptors (Lipinski definition) is 3. The molecule has 0 fully saturated rings. The van der Waals surface area contributed by atoms with Crippen LogP contribution in [0, 0.1) is 19.3 Å². The fourth-order valence-corrected chi connectivity index (χ4v) is 4.22. The SMILES string of the molecule is CCC[C@H](N(NC(=O)c1cc(C)cc(C)c1)C(=O)c1cccc(OC)c1CC)C(C)(C)C. The summed E-state index contributed by atoms with van der Waals surface area (Å²) in [6.07, 6.45) is 2.32. The number of nitrogens with one attached hydrogen (secondary N) is 1. The molecule has 1 N–H and O–H groups in total. The van der Waals surface area contributed by atoms with Crippen LogP contribution in [0.1, 0.15) is 84.9 Å². The van der Waals surface area contributed by atoms with Crippen molar-refractivity contribution >= 4 is 11.8 Å². The van der Waals surface area contributed by atoms with Gasteiger partial charge in [0.2, 0.25) is 0 Å². The summed E-state index contributed by atoms with van der Waals surface area (Å²) in [5.74, 6) is 0.185. The van der Waals surface area contributed by atoms with Gasteiger partial charge in [0.15, 0.2) is 0 Å². The Hall–Kier alpha value is -2.82. The molecule has 5 nitrogen and oxygen atoms in total. The third kappa shape index (κ3) is 5.90. The number of benzene rings is 2. The van der Waals surface area contributed by atoms with Gasteiger partial charge in [-0.15, -0.1) is 0 Å². The molecule has 174 valence electrons. The minimum Gasteiger partial charge on any atom is -0.496 e. The van der Waals surface area contributed by atoms with Crippen LogP contribution in [-0.2, 0) is 6.42 Å². The Kier molecular flexibility index (Phi) is 8.48. The van der Waals surface area contributed by atoms with E-state index >= 15 is 0 Å². The largest absolute Gasteiger partial charge is 0.496 e. The van der Waals surface area contributed by atoms with Crippen molar-refractivity contribution in [3.63, 3.8) is 0 Å². The average Bonchev–Trinajstić information content (AvgIpc) is 2.73. The first kappa shape index (κ1) is 25.4. The van der Waals surface area contributed by atoms with Gasteiger partial charge in [-0.05, 0) is 56.4 Å². The number of hydrazine groups is 1. The summed E-state index contributed by atoms with van der Waals surface area (Å²) in [5, 5.41) is 1.55. The second kappa shape index (κ2) is 10.7. The average molecular weight is 439 g/mol. The monoisotopic (exact) mass is 438 g/mol. The maximum atomic E-state index is 13.9. The Morgan fingerprint density at radius 1 is 1.06 bits per heavy atom. The summed E-state index contributed by atoms with van der Waals surface area (Å²) in [5.41, 5.74) is 6.70. The number of rotatable bonds is 7. The lowest BCUT2D eigenvalue weighted by atomic mass is 9.83. The van der Waals surface area contributed by atoms with E-state index in [1.165, 1.54) is 0 Å². The van der Waals surface area contributed by atoms with Crippen LogP contribution in [0.2, 0.25) is 0 Å². The molecule has 0 spiro atoms. The Labute approximate surface area is 193 Å². The van der Waals surface area contributed by atoms with E-state index < -0.39 is 0 Å². The molecule has 0 unspecified atom stereocenters. The highest BCUT2D eigenvalue weighted by molar-refractivity contribution is 6.00. The zero-order valence-electron chi connectivity index (χ0n) is 20.8. The maximum absolute atomic E-state index is 13.9. The van der Waals surface area contributed by atoms with Crippen LogP contribution in [0.4, 0.5) is 0 Å². The van der Waals surface area contributed by atoms with E-state index in [2.05, 4.69) is 33.1 Å². The van der Waals surface area contributed by atoms with E-state index in [1.54, 1.807) is 12.1 Å². The van der Waals surface area contributed by atoms with Crippen LogP contribution in [0.25, 0.3) is 0 Å². The number of nitrogens with zero attached hydrogens (tertiary/aromatic N) is 1. The first-order valence-corrected chi connectivity index (χ1v) is 11.4. The van der Waals surface area contributed by atoms with Crippen LogP contribution < -0.4 is 10.2 Å². The molecule has 0 saturated heterocycles. The fourth-order valence-electron chi connectivity index (χ4n) is 4.22. The predicted octanol–water partition coefficient (Wildman–Crippen LogP) is 5.88. The molecule has 5 heteroatoms. The lowest BCUT2D eigenvalue weighted by Gasteiger charge is -2.40. The van der Waals surface area contributed by atoms with Crippen LogP contribution in [0.5, 0.6) is 5.75 Å². The zero-order chi connectivity index (χ0) is 24.1.